The van der Waals surface area contributed by atoms with Gasteiger partial charge in [-0.05, 0) is 32.1 Å². The van der Waals surface area contributed by atoms with E-state index in [0.717, 1.165) is 51.5 Å². The monoisotopic (exact) mass is 427 g/mol. The number of piperidine rings is 1. The molecule has 0 spiro atoms. The maximum absolute atomic E-state index is 8.88. The average Bonchev–Trinajstić information content (AvgIpc) is 2.56. The van der Waals surface area contributed by atoms with Gasteiger partial charge in [-0.25, -0.2) is 0 Å². The molecule has 2 fully saturated rings. The van der Waals surface area contributed by atoms with Crippen LogP contribution in [-0.4, -0.2) is 74.7 Å². The minimum absolute atomic E-state index is 0. The number of ether oxygens (including phenoxy) is 2. The smallest absolute Gasteiger partial charge is 0.193 e. The fourth-order valence-corrected chi connectivity index (χ4v) is 2.92. The maximum atomic E-state index is 8.88. The number of aliphatic hydroxyl groups is 1. The number of halogens is 1. The maximum Gasteiger partial charge on any atom is 0.193 e. The molecule has 1 atom stereocenters. The van der Waals surface area contributed by atoms with E-state index in [2.05, 4.69) is 15.2 Å². The van der Waals surface area contributed by atoms with E-state index in [0.29, 0.717) is 18.8 Å². The minimum Gasteiger partial charge on any atom is -0.395 e. The quantitative estimate of drug-likeness (QED) is 0.393. The lowest BCUT2D eigenvalue weighted by atomic mass is 10.1. The number of likely N-dealkylation sites (tertiary alicyclic amines) is 1. The van der Waals surface area contributed by atoms with Crippen LogP contribution in [0.1, 0.15) is 32.1 Å². The Balaban J connectivity index is 0.00000242. The highest BCUT2D eigenvalue weighted by Gasteiger charge is 2.23. The van der Waals surface area contributed by atoms with Crippen LogP contribution < -0.4 is 5.32 Å². The van der Waals surface area contributed by atoms with E-state index in [1.165, 1.54) is 12.8 Å². The van der Waals surface area contributed by atoms with Crippen molar-refractivity contribution in [3.05, 3.63) is 0 Å². The van der Waals surface area contributed by atoms with Crippen LogP contribution in [0.3, 0.4) is 0 Å². The van der Waals surface area contributed by atoms with E-state index >= 15 is 0 Å². The predicted octanol–water partition coefficient (Wildman–Crippen LogP) is 1.22. The predicted molar refractivity (Wildman–Crippen MR) is 98.0 cm³/mol. The first kappa shape index (κ1) is 19.9. The molecule has 7 heteroatoms. The summed E-state index contributed by atoms with van der Waals surface area (Å²) in [7, 11) is 1.78. The molecule has 2 aliphatic rings. The summed E-state index contributed by atoms with van der Waals surface area (Å²) >= 11 is 0. The Kier molecular flexibility index (Phi) is 10.3. The van der Waals surface area contributed by atoms with Crippen LogP contribution in [0.15, 0.2) is 4.99 Å². The molecule has 0 radical (unpaired) electrons. The van der Waals surface area contributed by atoms with E-state index in [1.54, 1.807) is 7.05 Å². The van der Waals surface area contributed by atoms with Crippen molar-refractivity contribution >= 4 is 29.9 Å². The molecule has 2 heterocycles. The van der Waals surface area contributed by atoms with Gasteiger partial charge in [0.1, 0.15) is 0 Å². The van der Waals surface area contributed by atoms with Crippen molar-refractivity contribution in [3.63, 3.8) is 0 Å². The number of guanidine groups is 1. The number of aliphatic imine (C=N–C) groups is 1. The fraction of sp³-hybridized carbons (Fsp3) is 0.933. The van der Waals surface area contributed by atoms with Gasteiger partial charge < -0.3 is 24.8 Å². The van der Waals surface area contributed by atoms with E-state index in [-0.39, 0.29) is 30.6 Å². The highest BCUT2D eigenvalue weighted by molar-refractivity contribution is 14.0. The summed E-state index contributed by atoms with van der Waals surface area (Å²) in [5.41, 5.74) is 0. The van der Waals surface area contributed by atoms with Crippen LogP contribution in [0.2, 0.25) is 0 Å². The van der Waals surface area contributed by atoms with Crippen LogP contribution in [0.25, 0.3) is 0 Å². The Morgan fingerprint density at radius 1 is 1.32 bits per heavy atom. The molecule has 0 saturated carbocycles. The van der Waals surface area contributed by atoms with Gasteiger partial charge in [0.2, 0.25) is 0 Å². The first-order valence-corrected chi connectivity index (χ1v) is 8.13. The molecule has 0 aromatic heterocycles. The molecule has 0 bridgehead atoms. The van der Waals surface area contributed by atoms with Crippen molar-refractivity contribution in [2.24, 2.45) is 4.99 Å². The van der Waals surface area contributed by atoms with Crippen molar-refractivity contribution < 1.29 is 14.6 Å². The molecule has 0 aromatic rings. The Labute approximate surface area is 150 Å². The molecular weight excluding hydrogens is 397 g/mol. The van der Waals surface area contributed by atoms with Crippen molar-refractivity contribution in [1.82, 2.24) is 10.2 Å². The average molecular weight is 427 g/mol. The fourth-order valence-electron chi connectivity index (χ4n) is 2.92. The zero-order valence-corrected chi connectivity index (χ0v) is 15.8. The van der Waals surface area contributed by atoms with Gasteiger partial charge in [-0.2, -0.15) is 0 Å². The number of aliphatic hydroxyl groups excluding tert-OH is 1. The summed E-state index contributed by atoms with van der Waals surface area (Å²) in [5.74, 6) is 0.873. The van der Waals surface area contributed by atoms with Crippen molar-refractivity contribution in [1.29, 1.82) is 0 Å². The lowest BCUT2D eigenvalue weighted by Gasteiger charge is -2.35. The van der Waals surface area contributed by atoms with E-state index in [4.69, 9.17) is 14.6 Å². The third-order valence-electron chi connectivity index (χ3n) is 4.14. The van der Waals surface area contributed by atoms with Gasteiger partial charge >= 0.3 is 0 Å². The Hall–Kier alpha value is -0.120. The van der Waals surface area contributed by atoms with Gasteiger partial charge in [0.15, 0.2) is 5.96 Å². The van der Waals surface area contributed by atoms with Crippen molar-refractivity contribution in [3.8, 4) is 0 Å². The van der Waals surface area contributed by atoms with E-state index in [9.17, 15) is 0 Å². The molecule has 6 nitrogen and oxygen atoms in total. The summed E-state index contributed by atoms with van der Waals surface area (Å²) in [6.45, 7) is 4.19. The van der Waals surface area contributed by atoms with E-state index in [1.807, 2.05) is 0 Å². The third kappa shape index (κ3) is 6.55. The summed E-state index contributed by atoms with van der Waals surface area (Å²) in [4.78, 5) is 6.48. The summed E-state index contributed by atoms with van der Waals surface area (Å²) < 4.78 is 11.7. The van der Waals surface area contributed by atoms with Gasteiger partial charge in [-0.1, -0.05) is 0 Å². The minimum atomic E-state index is 0. The highest BCUT2D eigenvalue weighted by atomic mass is 127. The molecular formula is C15H30IN3O3. The third-order valence-corrected chi connectivity index (χ3v) is 4.14. The van der Waals surface area contributed by atoms with Crippen molar-refractivity contribution in [2.75, 3.05) is 46.5 Å². The van der Waals surface area contributed by atoms with Crippen LogP contribution in [-0.2, 0) is 9.47 Å². The zero-order chi connectivity index (χ0) is 14.9. The van der Waals surface area contributed by atoms with Gasteiger partial charge in [0.05, 0.1) is 25.4 Å². The van der Waals surface area contributed by atoms with Gasteiger partial charge in [-0.3, -0.25) is 4.99 Å². The number of nitrogens with zero attached hydrogens (tertiary/aromatic N) is 2. The number of hydrogen-bond donors (Lipinski definition) is 2. The summed E-state index contributed by atoms with van der Waals surface area (Å²) in [5, 5.41) is 12.0. The topological polar surface area (TPSA) is 66.3 Å². The van der Waals surface area contributed by atoms with Gasteiger partial charge in [0, 0.05) is 33.3 Å². The lowest BCUT2D eigenvalue weighted by Crippen LogP contribution is -2.47. The number of nitrogens with one attached hydrogen (secondary N) is 1. The van der Waals surface area contributed by atoms with Crippen LogP contribution in [0.5, 0.6) is 0 Å². The second-order valence-electron chi connectivity index (χ2n) is 5.71. The lowest BCUT2D eigenvalue weighted by molar-refractivity contribution is -0.0721. The first-order chi connectivity index (χ1) is 10.3. The second kappa shape index (κ2) is 11.4. The standard InChI is InChI=1S/C15H29N3O3.HI/c1-16-15(17-7-10-19)18-8-5-13(6-9-18)21-12-14-4-2-3-11-20-14;/h13-14,19H,2-12H2,1H3,(H,16,17);1H. The molecule has 0 aliphatic carbocycles. The Bertz CT molecular complexity index is 317. The second-order valence-corrected chi connectivity index (χ2v) is 5.71. The molecule has 2 aliphatic heterocycles. The number of rotatable bonds is 5. The molecule has 2 N–H and O–H groups in total. The van der Waals surface area contributed by atoms with Crippen LogP contribution in [0.4, 0.5) is 0 Å². The molecule has 2 saturated heterocycles. The van der Waals surface area contributed by atoms with E-state index < -0.39 is 0 Å². The molecule has 2 rings (SSSR count). The number of hydrogen-bond acceptors (Lipinski definition) is 4. The molecule has 1 unspecified atom stereocenters. The molecule has 0 amide bonds. The first-order valence-electron chi connectivity index (χ1n) is 8.13. The molecule has 130 valence electrons. The largest absolute Gasteiger partial charge is 0.395 e. The highest BCUT2D eigenvalue weighted by Crippen LogP contribution is 2.17. The Morgan fingerprint density at radius 2 is 2.09 bits per heavy atom. The molecule has 22 heavy (non-hydrogen) atoms. The van der Waals surface area contributed by atoms with Gasteiger partial charge in [0.25, 0.3) is 0 Å². The van der Waals surface area contributed by atoms with Gasteiger partial charge in [-0.15, -0.1) is 24.0 Å². The summed E-state index contributed by atoms with van der Waals surface area (Å²) in [6.07, 6.45) is 6.27. The summed E-state index contributed by atoms with van der Waals surface area (Å²) in [6, 6.07) is 0. The molecule has 0 aromatic carbocycles. The zero-order valence-electron chi connectivity index (χ0n) is 13.5. The van der Waals surface area contributed by atoms with Crippen molar-refractivity contribution in [2.45, 2.75) is 44.3 Å². The Morgan fingerprint density at radius 3 is 2.68 bits per heavy atom. The SMILES string of the molecule is CN=C(NCCO)N1CCC(OCC2CCCCO2)CC1.I. The van der Waals surface area contributed by atoms with Crippen LogP contribution >= 0.6 is 24.0 Å². The van der Waals surface area contributed by atoms with Crippen LogP contribution in [0, 0.1) is 0 Å². The normalized spacial score (nSPS) is 24.0.